The van der Waals surface area contributed by atoms with Crippen LogP contribution in [-0.4, -0.2) is 7.11 Å². The van der Waals surface area contributed by atoms with Crippen LogP contribution in [0.1, 0.15) is 37.9 Å². The van der Waals surface area contributed by atoms with Gasteiger partial charge in [0, 0.05) is 7.11 Å². The van der Waals surface area contributed by atoms with Gasteiger partial charge in [-0.25, -0.2) is 0 Å². The third-order valence-corrected chi connectivity index (χ3v) is 2.28. The minimum Gasteiger partial charge on any atom is -0.377 e. The second-order valence-electron chi connectivity index (χ2n) is 3.28. The van der Waals surface area contributed by atoms with Crippen LogP contribution in [0.2, 0.25) is 0 Å². The molecule has 0 bridgehead atoms. The van der Waals surface area contributed by atoms with Gasteiger partial charge in [0.25, 0.3) is 0 Å². The molecular weight excluding hydrogens is 160 g/mol. The molecule has 1 heteroatoms. The average Bonchev–Trinajstić information content (AvgIpc) is 2.21. The molecule has 0 radical (unpaired) electrons. The third-order valence-electron chi connectivity index (χ3n) is 2.28. The van der Waals surface area contributed by atoms with E-state index >= 15 is 0 Å². The third kappa shape index (κ3) is 3.19. The predicted molar refractivity (Wildman–Crippen MR) is 55.7 cm³/mol. The number of hydrogen-bond donors (Lipinski definition) is 0. The Kier molecular flexibility index (Phi) is 4.55. The molecule has 0 heterocycles. The van der Waals surface area contributed by atoms with E-state index in [0.29, 0.717) is 0 Å². The van der Waals surface area contributed by atoms with E-state index in [1.165, 1.54) is 18.4 Å². The molecule has 0 aliphatic heterocycles. The van der Waals surface area contributed by atoms with Crippen LogP contribution >= 0.6 is 0 Å². The summed E-state index contributed by atoms with van der Waals surface area (Å²) in [6.07, 6.45) is 3.86. The number of hydrogen-bond acceptors (Lipinski definition) is 1. The molecular formula is C12H18O. The van der Waals surface area contributed by atoms with E-state index in [0.717, 1.165) is 6.42 Å². The van der Waals surface area contributed by atoms with Gasteiger partial charge in [-0.05, 0) is 12.0 Å². The fourth-order valence-electron chi connectivity index (χ4n) is 1.48. The summed E-state index contributed by atoms with van der Waals surface area (Å²) in [6.45, 7) is 2.21. The molecule has 0 aliphatic rings. The van der Waals surface area contributed by atoms with Crippen LogP contribution in [0.5, 0.6) is 0 Å². The molecule has 0 aromatic heterocycles. The molecule has 0 saturated carbocycles. The minimum absolute atomic E-state index is 0.279. The largest absolute Gasteiger partial charge is 0.377 e. The molecule has 1 aromatic carbocycles. The van der Waals surface area contributed by atoms with E-state index in [1.54, 1.807) is 7.11 Å². The Balaban J connectivity index is 2.56. The first-order chi connectivity index (χ1) is 6.38. The normalized spacial score (nSPS) is 12.8. The zero-order valence-corrected chi connectivity index (χ0v) is 8.49. The average molecular weight is 178 g/mol. The van der Waals surface area contributed by atoms with Crippen LogP contribution in [0.4, 0.5) is 0 Å². The predicted octanol–water partition coefficient (Wildman–Crippen LogP) is 3.56. The Bertz CT molecular complexity index is 218. The quantitative estimate of drug-likeness (QED) is 0.669. The summed E-state index contributed by atoms with van der Waals surface area (Å²) in [5, 5.41) is 0. The molecule has 72 valence electrons. The van der Waals surface area contributed by atoms with Gasteiger partial charge < -0.3 is 4.74 Å². The van der Waals surface area contributed by atoms with Gasteiger partial charge in [0.05, 0.1) is 6.10 Å². The van der Waals surface area contributed by atoms with Crippen LogP contribution in [0.3, 0.4) is 0 Å². The van der Waals surface area contributed by atoms with Gasteiger partial charge in [-0.3, -0.25) is 0 Å². The molecule has 1 rings (SSSR count). The highest BCUT2D eigenvalue weighted by molar-refractivity contribution is 5.17. The summed E-state index contributed by atoms with van der Waals surface area (Å²) in [5.74, 6) is 0. The Morgan fingerprint density at radius 3 is 2.46 bits per heavy atom. The van der Waals surface area contributed by atoms with E-state index in [-0.39, 0.29) is 6.10 Å². The zero-order valence-electron chi connectivity index (χ0n) is 8.49. The number of rotatable bonds is 5. The van der Waals surface area contributed by atoms with Crippen LogP contribution in [-0.2, 0) is 4.74 Å². The smallest absolute Gasteiger partial charge is 0.0821 e. The summed E-state index contributed by atoms with van der Waals surface area (Å²) < 4.78 is 5.44. The molecule has 1 unspecified atom stereocenters. The zero-order chi connectivity index (χ0) is 9.52. The second-order valence-corrected chi connectivity index (χ2v) is 3.28. The summed E-state index contributed by atoms with van der Waals surface area (Å²) in [7, 11) is 1.79. The van der Waals surface area contributed by atoms with Crippen LogP contribution in [0, 0.1) is 0 Å². The van der Waals surface area contributed by atoms with Crippen LogP contribution in [0.15, 0.2) is 30.3 Å². The summed E-state index contributed by atoms with van der Waals surface area (Å²) in [4.78, 5) is 0. The monoisotopic (exact) mass is 178 g/mol. The molecule has 1 atom stereocenters. The van der Waals surface area contributed by atoms with Gasteiger partial charge >= 0.3 is 0 Å². The SMILES string of the molecule is CCCCC(OC)c1ccccc1. The lowest BCUT2D eigenvalue weighted by molar-refractivity contribution is 0.0936. The highest BCUT2D eigenvalue weighted by Crippen LogP contribution is 2.21. The lowest BCUT2D eigenvalue weighted by Crippen LogP contribution is -2.00. The fourth-order valence-corrected chi connectivity index (χ4v) is 1.48. The van der Waals surface area contributed by atoms with Crippen molar-refractivity contribution in [2.75, 3.05) is 7.11 Å². The van der Waals surface area contributed by atoms with Crippen molar-refractivity contribution in [2.45, 2.75) is 32.3 Å². The Labute approximate surface area is 80.7 Å². The standard InChI is InChI=1S/C12H18O/c1-3-4-10-12(13-2)11-8-6-5-7-9-11/h5-9,12H,3-4,10H2,1-2H3. The van der Waals surface area contributed by atoms with Crippen molar-refractivity contribution in [1.82, 2.24) is 0 Å². The fraction of sp³-hybridized carbons (Fsp3) is 0.500. The molecule has 0 saturated heterocycles. The lowest BCUT2D eigenvalue weighted by Gasteiger charge is -2.14. The molecule has 0 amide bonds. The molecule has 0 aliphatic carbocycles. The van der Waals surface area contributed by atoms with Gasteiger partial charge in [-0.1, -0.05) is 50.1 Å². The number of unbranched alkanes of at least 4 members (excludes halogenated alkanes) is 1. The van der Waals surface area contributed by atoms with Gasteiger partial charge in [0.15, 0.2) is 0 Å². The van der Waals surface area contributed by atoms with E-state index < -0.39 is 0 Å². The van der Waals surface area contributed by atoms with Crippen molar-refractivity contribution in [3.05, 3.63) is 35.9 Å². The van der Waals surface area contributed by atoms with Gasteiger partial charge in [-0.15, -0.1) is 0 Å². The van der Waals surface area contributed by atoms with Crippen molar-refractivity contribution < 1.29 is 4.74 Å². The Hall–Kier alpha value is -0.820. The van der Waals surface area contributed by atoms with E-state index in [1.807, 2.05) is 6.07 Å². The summed E-state index contributed by atoms with van der Waals surface area (Å²) in [5.41, 5.74) is 1.29. The summed E-state index contributed by atoms with van der Waals surface area (Å²) in [6, 6.07) is 10.4. The molecule has 0 spiro atoms. The maximum atomic E-state index is 5.44. The van der Waals surface area contributed by atoms with Crippen LogP contribution < -0.4 is 0 Å². The number of benzene rings is 1. The first kappa shape index (κ1) is 10.3. The van der Waals surface area contributed by atoms with E-state index in [4.69, 9.17) is 4.74 Å². The highest BCUT2D eigenvalue weighted by Gasteiger charge is 2.07. The second kappa shape index (κ2) is 5.76. The van der Waals surface area contributed by atoms with E-state index in [2.05, 4.69) is 31.2 Å². The van der Waals surface area contributed by atoms with Gasteiger partial charge in [-0.2, -0.15) is 0 Å². The topological polar surface area (TPSA) is 9.23 Å². The lowest BCUT2D eigenvalue weighted by atomic mass is 10.0. The number of methoxy groups -OCH3 is 1. The summed E-state index contributed by atoms with van der Waals surface area (Å²) >= 11 is 0. The maximum absolute atomic E-state index is 5.44. The van der Waals surface area contributed by atoms with Crippen molar-refractivity contribution in [2.24, 2.45) is 0 Å². The molecule has 13 heavy (non-hydrogen) atoms. The van der Waals surface area contributed by atoms with Crippen molar-refractivity contribution in [3.63, 3.8) is 0 Å². The first-order valence-corrected chi connectivity index (χ1v) is 4.96. The maximum Gasteiger partial charge on any atom is 0.0821 e. The molecule has 0 N–H and O–H groups in total. The van der Waals surface area contributed by atoms with Crippen molar-refractivity contribution in [3.8, 4) is 0 Å². The molecule has 0 fully saturated rings. The minimum atomic E-state index is 0.279. The molecule has 1 nitrogen and oxygen atoms in total. The van der Waals surface area contributed by atoms with Crippen LogP contribution in [0.25, 0.3) is 0 Å². The Morgan fingerprint density at radius 2 is 1.92 bits per heavy atom. The van der Waals surface area contributed by atoms with Crippen molar-refractivity contribution in [1.29, 1.82) is 0 Å². The van der Waals surface area contributed by atoms with Gasteiger partial charge in [0.1, 0.15) is 0 Å². The Morgan fingerprint density at radius 1 is 1.23 bits per heavy atom. The van der Waals surface area contributed by atoms with E-state index in [9.17, 15) is 0 Å². The number of ether oxygens (including phenoxy) is 1. The van der Waals surface area contributed by atoms with Crippen molar-refractivity contribution >= 4 is 0 Å². The van der Waals surface area contributed by atoms with Gasteiger partial charge in [0.2, 0.25) is 0 Å². The first-order valence-electron chi connectivity index (χ1n) is 4.96. The molecule has 1 aromatic rings. The highest BCUT2D eigenvalue weighted by atomic mass is 16.5.